The molecule has 0 saturated heterocycles. The number of fused-ring (bicyclic) bond motifs is 1. The molecule has 0 aliphatic rings. The van der Waals surface area contributed by atoms with E-state index in [1.807, 2.05) is 18.2 Å². The molecule has 0 N–H and O–H groups in total. The van der Waals surface area contributed by atoms with Crippen LogP contribution in [0.2, 0.25) is 0 Å². The lowest BCUT2D eigenvalue weighted by molar-refractivity contribution is 0.102. The van der Waals surface area contributed by atoms with Crippen molar-refractivity contribution in [3.8, 4) is 5.69 Å². The second-order valence-electron chi connectivity index (χ2n) is 5.40. The summed E-state index contributed by atoms with van der Waals surface area (Å²) in [6.07, 6.45) is 5.66. The Hall–Kier alpha value is -3.54. The van der Waals surface area contributed by atoms with Gasteiger partial charge in [-0.1, -0.05) is 30.3 Å². The first-order chi connectivity index (χ1) is 12.2. The molecule has 0 saturated carbocycles. The van der Waals surface area contributed by atoms with Crippen molar-refractivity contribution in [3.05, 3.63) is 84.4 Å². The second kappa shape index (κ2) is 6.16. The average molecular weight is 333 g/mol. The number of ketones is 1. The third-order valence-corrected chi connectivity index (χ3v) is 3.73. The highest BCUT2D eigenvalue weighted by Crippen LogP contribution is 2.20. The summed E-state index contributed by atoms with van der Waals surface area (Å²) in [6.45, 7) is 0. The van der Waals surface area contributed by atoms with E-state index in [0.717, 1.165) is 5.39 Å². The minimum Gasteiger partial charge on any atom is -0.453 e. The molecular weight excluding hydrogens is 321 g/mol. The van der Waals surface area contributed by atoms with E-state index < -0.39 is 5.82 Å². The molecule has 0 atom stereocenters. The maximum Gasteiger partial charge on any atom is 0.221 e. The molecule has 2 aromatic carbocycles. The number of hydrogen-bond donors (Lipinski definition) is 0. The van der Waals surface area contributed by atoms with Gasteiger partial charge in [0.1, 0.15) is 29.7 Å². The Morgan fingerprint density at radius 2 is 2.04 bits per heavy atom. The molecule has 2 heterocycles. The number of halogens is 1. The normalized spacial score (nSPS) is 11.4. The second-order valence-corrected chi connectivity index (χ2v) is 5.40. The van der Waals surface area contributed by atoms with E-state index in [4.69, 9.17) is 4.42 Å². The third-order valence-electron chi connectivity index (χ3n) is 3.73. The van der Waals surface area contributed by atoms with E-state index in [9.17, 15) is 9.18 Å². The number of carbonyl (C=O) groups excluding carboxylic acids is 1. The standard InChI is InChI=1S/C19H12FN3O2/c20-15-9-13(5-7-16(15)23-12-21-11-22-23)6-8-17(24)19-10-14-3-1-2-4-18(14)25-19/h1-12H/b8-6+. The van der Waals surface area contributed by atoms with E-state index in [-0.39, 0.29) is 11.5 Å². The zero-order valence-electron chi connectivity index (χ0n) is 13.0. The van der Waals surface area contributed by atoms with E-state index in [1.165, 1.54) is 29.5 Å². The van der Waals surface area contributed by atoms with E-state index in [1.54, 1.807) is 30.3 Å². The van der Waals surface area contributed by atoms with Crippen LogP contribution in [0, 0.1) is 5.82 Å². The summed E-state index contributed by atoms with van der Waals surface area (Å²) in [6, 6.07) is 13.7. The van der Waals surface area contributed by atoms with Crippen LogP contribution in [0.1, 0.15) is 16.1 Å². The molecule has 122 valence electrons. The number of hydrogen-bond acceptors (Lipinski definition) is 4. The van der Waals surface area contributed by atoms with E-state index >= 15 is 0 Å². The monoisotopic (exact) mass is 333 g/mol. The van der Waals surface area contributed by atoms with Gasteiger partial charge in [0.2, 0.25) is 5.78 Å². The number of para-hydroxylation sites is 1. The number of benzene rings is 2. The van der Waals surface area contributed by atoms with Gasteiger partial charge in [-0.3, -0.25) is 4.79 Å². The zero-order chi connectivity index (χ0) is 17.2. The summed E-state index contributed by atoms with van der Waals surface area (Å²) in [4.78, 5) is 16.0. The summed E-state index contributed by atoms with van der Waals surface area (Å²) in [7, 11) is 0. The van der Waals surface area contributed by atoms with Gasteiger partial charge in [0, 0.05) is 5.39 Å². The first kappa shape index (κ1) is 15.0. The largest absolute Gasteiger partial charge is 0.453 e. The van der Waals surface area contributed by atoms with E-state index in [2.05, 4.69) is 10.1 Å². The first-order valence-electron chi connectivity index (χ1n) is 7.56. The average Bonchev–Trinajstić information content (AvgIpc) is 3.29. The third kappa shape index (κ3) is 2.97. The topological polar surface area (TPSA) is 60.9 Å². The maximum atomic E-state index is 14.2. The van der Waals surface area contributed by atoms with Gasteiger partial charge in [-0.15, -0.1) is 0 Å². The number of nitrogens with zero attached hydrogens (tertiary/aromatic N) is 3. The molecule has 0 unspecified atom stereocenters. The SMILES string of the molecule is O=C(/C=C/c1ccc(-n2cncn2)c(F)c1)c1cc2ccccc2o1. The molecule has 0 aliphatic carbocycles. The van der Waals surface area contributed by atoms with Gasteiger partial charge in [0.15, 0.2) is 5.76 Å². The minimum absolute atomic E-state index is 0.247. The van der Waals surface area contributed by atoms with Crippen molar-refractivity contribution < 1.29 is 13.6 Å². The number of allylic oxidation sites excluding steroid dienone is 1. The molecular formula is C19H12FN3O2. The molecule has 4 rings (SSSR count). The van der Waals surface area contributed by atoms with Crippen molar-refractivity contribution in [2.45, 2.75) is 0 Å². The lowest BCUT2D eigenvalue weighted by atomic mass is 10.1. The van der Waals surface area contributed by atoms with E-state index in [0.29, 0.717) is 16.8 Å². The molecule has 5 nitrogen and oxygen atoms in total. The smallest absolute Gasteiger partial charge is 0.221 e. The molecule has 0 spiro atoms. The first-order valence-corrected chi connectivity index (χ1v) is 7.56. The summed E-state index contributed by atoms with van der Waals surface area (Å²) < 4.78 is 21.0. The van der Waals surface area contributed by atoms with Crippen LogP contribution in [0.5, 0.6) is 0 Å². The molecule has 0 radical (unpaired) electrons. The van der Waals surface area contributed by atoms with Gasteiger partial charge < -0.3 is 4.42 Å². The molecule has 0 amide bonds. The predicted octanol–water partition coefficient (Wildman–Crippen LogP) is 4.05. The Morgan fingerprint density at radius 1 is 1.16 bits per heavy atom. The summed E-state index contributed by atoms with van der Waals surface area (Å²) in [5.74, 6) is -0.488. The van der Waals surface area contributed by atoms with Gasteiger partial charge in [-0.25, -0.2) is 14.1 Å². The van der Waals surface area contributed by atoms with Crippen LogP contribution in [-0.2, 0) is 0 Å². The van der Waals surface area contributed by atoms with Crippen LogP contribution >= 0.6 is 0 Å². The van der Waals surface area contributed by atoms with Crippen LogP contribution < -0.4 is 0 Å². The molecule has 25 heavy (non-hydrogen) atoms. The fraction of sp³-hybridized carbons (Fsp3) is 0. The lowest BCUT2D eigenvalue weighted by Gasteiger charge is -2.03. The number of aromatic nitrogens is 3. The fourth-order valence-corrected chi connectivity index (χ4v) is 2.50. The van der Waals surface area contributed by atoms with Gasteiger partial charge >= 0.3 is 0 Å². The fourth-order valence-electron chi connectivity index (χ4n) is 2.50. The van der Waals surface area contributed by atoms with Gasteiger partial charge in [0.05, 0.1) is 0 Å². The molecule has 4 aromatic rings. The molecule has 6 heteroatoms. The van der Waals surface area contributed by atoms with Crippen molar-refractivity contribution in [3.63, 3.8) is 0 Å². The van der Waals surface area contributed by atoms with Crippen LogP contribution in [0.3, 0.4) is 0 Å². The Bertz CT molecular complexity index is 1050. The van der Waals surface area contributed by atoms with Gasteiger partial charge in [-0.05, 0) is 35.9 Å². The summed E-state index contributed by atoms with van der Waals surface area (Å²) in [5, 5.41) is 4.76. The van der Waals surface area contributed by atoms with Crippen molar-refractivity contribution in [2.75, 3.05) is 0 Å². The van der Waals surface area contributed by atoms with Crippen LogP contribution in [-0.4, -0.2) is 20.5 Å². The summed E-state index contributed by atoms with van der Waals surface area (Å²) >= 11 is 0. The zero-order valence-corrected chi connectivity index (χ0v) is 13.0. The van der Waals surface area contributed by atoms with Gasteiger partial charge in [-0.2, -0.15) is 5.10 Å². The van der Waals surface area contributed by atoms with Crippen molar-refractivity contribution in [1.82, 2.24) is 14.8 Å². The molecule has 0 bridgehead atoms. The van der Waals surface area contributed by atoms with Crippen molar-refractivity contribution in [1.29, 1.82) is 0 Å². The Labute approximate surface area is 142 Å². The predicted molar refractivity (Wildman–Crippen MR) is 90.9 cm³/mol. The molecule has 0 fully saturated rings. The Kier molecular flexibility index (Phi) is 3.70. The molecule has 2 aromatic heterocycles. The quantitative estimate of drug-likeness (QED) is 0.417. The van der Waals surface area contributed by atoms with Crippen molar-refractivity contribution in [2.24, 2.45) is 0 Å². The summed E-state index contributed by atoms with van der Waals surface area (Å²) in [5.41, 5.74) is 1.51. The lowest BCUT2D eigenvalue weighted by Crippen LogP contribution is -1.98. The highest BCUT2D eigenvalue weighted by molar-refractivity contribution is 6.06. The highest BCUT2D eigenvalue weighted by Gasteiger charge is 2.10. The van der Waals surface area contributed by atoms with Crippen LogP contribution in [0.25, 0.3) is 22.7 Å². The Morgan fingerprint density at radius 3 is 2.80 bits per heavy atom. The Balaban J connectivity index is 1.57. The number of furan rings is 1. The minimum atomic E-state index is -0.455. The number of carbonyl (C=O) groups is 1. The van der Waals surface area contributed by atoms with Crippen molar-refractivity contribution >= 4 is 22.8 Å². The number of rotatable bonds is 4. The highest BCUT2D eigenvalue weighted by atomic mass is 19.1. The van der Waals surface area contributed by atoms with Crippen LogP contribution in [0.15, 0.2) is 71.7 Å². The maximum absolute atomic E-state index is 14.2. The molecule has 0 aliphatic heterocycles. The van der Waals surface area contributed by atoms with Crippen LogP contribution in [0.4, 0.5) is 4.39 Å². The van der Waals surface area contributed by atoms with Gasteiger partial charge in [0.25, 0.3) is 0 Å².